The molecule has 1 aromatic heterocycles. The van der Waals surface area contributed by atoms with Gasteiger partial charge in [-0.15, -0.1) is 11.3 Å². The van der Waals surface area contributed by atoms with Gasteiger partial charge in [-0.25, -0.2) is 4.79 Å². The number of aryl methyl sites for hydroxylation is 1. The second-order valence-corrected chi connectivity index (χ2v) is 7.36. The molecule has 0 aliphatic heterocycles. The van der Waals surface area contributed by atoms with Gasteiger partial charge in [0.25, 0.3) is 5.91 Å². The molecule has 0 spiro atoms. The number of nitrogens with one attached hydrogen (secondary N) is 2. The van der Waals surface area contributed by atoms with Crippen molar-refractivity contribution in [2.45, 2.75) is 25.7 Å². The van der Waals surface area contributed by atoms with Gasteiger partial charge in [0.05, 0.1) is 17.2 Å². The molecule has 8 nitrogen and oxygen atoms in total. The van der Waals surface area contributed by atoms with Crippen molar-refractivity contribution in [2.75, 3.05) is 17.2 Å². The van der Waals surface area contributed by atoms with Crippen molar-refractivity contribution in [1.82, 2.24) is 0 Å². The van der Waals surface area contributed by atoms with Crippen molar-refractivity contribution in [3.63, 3.8) is 0 Å². The van der Waals surface area contributed by atoms with E-state index in [2.05, 4.69) is 16.7 Å². The van der Waals surface area contributed by atoms with Gasteiger partial charge in [0, 0.05) is 10.6 Å². The highest BCUT2D eigenvalue weighted by Crippen LogP contribution is 2.38. The van der Waals surface area contributed by atoms with Gasteiger partial charge >= 0.3 is 5.97 Å². The normalized spacial score (nSPS) is 11.7. The molecule has 2 aromatic rings. The second-order valence-electron chi connectivity index (χ2n) is 6.26. The van der Waals surface area contributed by atoms with Gasteiger partial charge in [-0.3, -0.25) is 9.59 Å². The van der Waals surface area contributed by atoms with Gasteiger partial charge in [-0.1, -0.05) is 0 Å². The van der Waals surface area contributed by atoms with Gasteiger partial charge in [-0.2, -0.15) is 10.5 Å². The van der Waals surface area contributed by atoms with Crippen LogP contribution in [0.4, 0.5) is 10.7 Å². The molecule has 0 saturated heterocycles. The van der Waals surface area contributed by atoms with Crippen molar-refractivity contribution in [2.24, 2.45) is 0 Å². The summed E-state index contributed by atoms with van der Waals surface area (Å²) in [4.78, 5) is 36.7. The Hall–Kier alpha value is -3.69. The molecule has 3 rings (SSSR count). The largest absolute Gasteiger partial charge is 0.452 e. The monoisotopic (exact) mass is 408 g/mol. The average molecular weight is 408 g/mol. The number of fused-ring (bicyclic) bond motifs is 1. The van der Waals surface area contributed by atoms with Crippen molar-refractivity contribution < 1.29 is 19.1 Å². The first-order valence-corrected chi connectivity index (χ1v) is 9.62. The fraction of sp³-hybridized carbons (Fsp3) is 0.250. The van der Waals surface area contributed by atoms with Crippen LogP contribution in [0.2, 0.25) is 0 Å². The van der Waals surface area contributed by atoms with Crippen molar-refractivity contribution in [1.29, 1.82) is 10.5 Å². The first-order valence-electron chi connectivity index (χ1n) is 8.80. The minimum atomic E-state index is -0.691. The Labute approximate surface area is 170 Å². The highest BCUT2D eigenvalue weighted by Gasteiger charge is 2.23. The molecule has 0 bridgehead atoms. The van der Waals surface area contributed by atoms with Crippen LogP contribution in [0.1, 0.15) is 39.2 Å². The zero-order valence-electron chi connectivity index (χ0n) is 15.3. The molecule has 1 aliphatic carbocycles. The SMILES string of the molecule is N#CCC(=O)Nc1ccc(C(=O)OCC(=O)Nc2sc3c(c2C#N)CCC3)cc1. The maximum absolute atomic E-state index is 12.1. The van der Waals surface area contributed by atoms with Crippen molar-refractivity contribution in [3.05, 3.63) is 45.8 Å². The number of amides is 2. The first-order chi connectivity index (χ1) is 14.0. The average Bonchev–Trinajstić information content (AvgIpc) is 3.27. The lowest BCUT2D eigenvalue weighted by atomic mass is 10.1. The smallest absolute Gasteiger partial charge is 0.338 e. The predicted molar refractivity (Wildman–Crippen MR) is 105 cm³/mol. The van der Waals surface area contributed by atoms with Gasteiger partial charge in [0.15, 0.2) is 6.61 Å². The van der Waals surface area contributed by atoms with Crippen LogP contribution in [0.5, 0.6) is 0 Å². The van der Waals surface area contributed by atoms with Crippen LogP contribution in [0, 0.1) is 22.7 Å². The number of nitrogens with zero attached hydrogens (tertiary/aromatic N) is 2. The Kier molecular flexibility index (Phi) is 6.22. The number of hydrogen-bond acceptors (Lipinski definition) is 7. The molecule has 1 aromatic carbocycles. The molecule has 0 saturated carbocycles. The highest BCUT2D eigenvalue weighted by molar-refractivity contribution is 7.16. The summed E-state index contributed by atoms with van der Waals surface area (Å²) in [6.07, 6.45) is 2.50. The van der Waals surface area contributed by atoms with Crippen molar-refractivity contribution >= 4 is 39.8 Å². The lowest BCUT2D eigenvalue weighted by molar-refractivity contribution is -0.119. The molecule has 0 atom stereocenters. The topological polar surface area (TPSA) is 132 Å². The zero-order chi connectivity index (χ0) is 20.8. The number of rotatable bonds is 6. The number of thiophene rings is 1. The van der Waals surface area contributed by atoms with E-state index in [1.165, 1.54) is 35.6 Å². The summed E-state index contributed by atoms with van der Waals surface area (Å²) in [6, 6.07) is 9.76. The van der Waals surface area contributed by atoms with Crippen LogP contribution in [-0.4, -0.2) is 24.4 Å². The Balaban J connectivity index is 1.53. The van der Waals surface area contributed by atoms with Crippen LogP contribution in [0.15, 0.2) is 24.3 Å². The lowest BCUT2D eigenvalue weighted by Gasteiger charge is -2.07. The summed E-state index contributed by atoms with van der Waals surface area (Å²) in [5.41, 5.74) is 2.15. The fourth-order valence-electron chi connectivity index (χ4n) is 2.95. The van der Waals surface area contributed by atoms with Crippen LogP contribution in [-0.2, 0) is 27.2 Å². The van der Waals surface area contributed by atoms with Crippen LogP contribution in [0.25, 0.3) is 0 Å². The first kappa shape index (κ1) is 20.1. The third-order valence-corrected chi connectivity index (χ3v) is 5.47. The zero-order valence-corrected chi connectivity index (χ0v) is 16.1. The van der Waals surface area contributed by atoms with Crippen LogP contribution in [0.3, 0.4) is 0 Å². The van der Waals surface area contributed by atoms with Gasteiger partial charge in [-0.05, 0) is 49.1 Å². The Morgan fingerprint density at radius 1 is 1.07 bits per heavy atom. The molecular formula is C20H16N4O4S. The number of anilines is 2. The maximum Gasteiger partial charge on any atom is 0.338 e. The number of hydrogen-bond donors (Lipinski definition) is 2. The molecule has 0 fully saturated rings. The number of esters is 1. The van der Waals surface area contributed by atoms with Gasteiger partial charge < -0.3 is 15.4 Å². The lowest BCUT2D eigenvalue weighted by Crippen LogP contribution is -2.21. The van der Waals surface area contributed by atoms with E-state index in [0.29, 0.717) is 16.3 Å². The highest BCUT2D eigenvalue weighted by atomic mass is 32.1. The Morgan fingerprint density at radius 3 is 2.52 bits per heavy atom. The summed E-state index contributed by atoms with van der Waals surface area (Å²) >= 11 is 1.39. The van der Waals surface area contributed by atoms with E-state index in [4.69, 9.17) is 10.00 Å². The molecule has 1 aliphatic rings. The third kappa shape index (κ3) is 4.78. The minimum Gasteiger partial charge on any atom is -0.452 e. The Morgan fingerprint density at radius 2 is 1.83 bits per heavy atom. The number of carbonyl (C=O) groups excluding carboxylic acids is 3. The molecule has 146 valence electrons. The minimum absolute atomic E-state index is 0.212. The van der Waals surface area contributed by atoms with Crippen LogP contribution < -0.4 is 10.6 Å². The van der Waals surface area contributed by atoms with E-state index in [-0.39, 0.29) is 12.0 Å². The summed E-state index contributed by atoms with van der Waals surface area (Å²) in [6.45, 7) is -0.479. The molecule has 9 heteroatoms. The quantitative estimate of drug-likeness (QED) is 0.706. The van der Waals surface area contributed by atoms with E-state index < -0.39 is 24.4 Å². The molecule has 29 heavy (non-hydrogen) atoms. The summed E-state index contributed by atoms with van der Waals surface area (Å²) in [5, 5.41) is 23.5. The maximum atomic E-state index is 12.1. The van der Waals surface area contributed by atoms with E-state index in [0.717, 1.165) is 29.7 Å². The van der Waals surface area contributed by atoms with Crippen LogP contribution >= 0.6 is 11.3 Å². The number of benzene rings is 1. The summed E-state index contributed by atoms with van der Waals surface area (Å²) < 4.78 is 5.01. The number of ether oxygens (including phenoxy) is 1. The molecule has 0 radical (unpaired) electrons. The molecule has 2 N–H and O–H groups in total. The molecular weight excluding hydrogens is 392 g/mol. The predicted octanol–water partition coefficient (Wildman–Crippen LogP) is 2.76. The molecule has 0 unspecified atom stereocenters. The fourth-order valence-corrected chi connectivity index (χ4v) is 4.21. The standard InChI is InChI=1S/C20H16N4O4S/c21-9-8-17(25)23-13-6-4-12(5-7-13)20(27)28-11-18(26)24-19-15(10-22)14-2-1-3-16(14)29-19/h4-7H,1-3,8,11H2,(H,23,25)(H,24,26). The van der Waals surface area contributed by atoms with Gasteiger partial charge in [0.1, 0.15) is 17.5 Å². The third-order valence-electron chi connectivity index (χ3n) is 4.26. The van der Waals surface area contributed by atoms with Gasteiger partial charge in [0.2, 0.25) is 5.91 Å². The summed E-state index contributed by atoms with van der Waals surface area (Å²) in [5.74, 6) is -1.66. The van der Waals surface area contributed by atoms with Crippen molar-refractivity contribution in [3.8, 4) is 12.1 Å². The van der Waals surface area contributed by atoms with E-state index in [1.807, 2.05) is 0 Å². The molecule has 2 amide bonds. The summed E-state index contributed by atoms with van der Waals surface area (Å²) in [7, 11) is 0. The number of nitriles is 2. The van der Waals surface area contributed by atoms with E-state index in [9.17, 15) is 19.6 Å². The molecule has 1 heterocycles. The number of carbonyl (C=O) groups is 3. The van der Waals surface area contributed by atoms with E-state index >= 15 is 0 Å². The Bertz CT molecular complexity index is 1040. The van der Waals surface area contributed by atoms with E-state index in [1.54, 1.807) is 6.07 Å². The second kappa shape index (κ2) is 9.00.